The van der Waals surface area contributed by atoms with Crippen LogP contribution in [0, 0.1) is 0 Å². The number of rotatable bonds is 0. The van der Waals surface area contributed by atoms with Crippen molar-refractivity contribution in [3.05, 3.63) is 40.7 Å². The molecule has 0 aromatic heterocycles. The molecule has 2 aliphatic rings. The molecule has 0 saturated heterocycles. The first-order valence-electron chi connectivity index (χ1n) is 4.31. The SMILES string of the molecule is CC1=C2Oc3cccc(c3C2=O)C1=O. The molecule has 1 aliphatic heterocycles. The first kappa shape index (κ1) is 7.50. The van der Waals surface area contributed by atoms with Gasteiger partial charge in [0.1, 0.15) is 5.75 Å². The minimum absolute atomic E-state index is 0.103. The number of benzene rings is 1. The van der Waals surface area contributed by atoms with Gasteiger partial charge in [0.2, 0.25) is 5.78 Å². The molecule has 1 aromatic carbocycles. The Morgan fingerprint density at radius 2 is 1.93 bits per heavy atom. The van der Waals surface area contributed by atoms with Crippen LogP contribution in [-0.2, 0) is 0 Å². The number of fused-ring (bicyclic) bond motifs is 1. The third-order valence-corrected chi connectivity index (χ3v) is 2.60. The third-order valence-electron chi connectivity index (χ3n) is 2.60. The first-order valence-corrected chi connectivity index (χ1v) is 4.31. The van der Waals surface area contributed by atoms with E-state index in [9.17, 15) is 9.59 Å². The van der Waals surface area contributed by atoms with Crippen molar-refractivity contribution in [2.45, 2.75) is 6.92 Å². The van der Waals surface area contributed by atoms with Crippen molar-refractivity contribution in [3.63, 3.8) is 0 Å². The van der Waals surface area contributed by atoms with Crippen LogP contribution >= 0.6 is 0 Å². The Labute approximate surface area is 80.0 Å². The molecule has 0 N–H and O–H groups in total. The van der Waals surface area contributed by atoms with E-state index in [0.29, 0.717) is 22.4 Å². The summed E-state index contributed by atoms with van der Waals surface area (Å²) in [4.78, 5) is 23.4. The Hall–Kier alpha value is -1.90. The van der Waals surface area contributed by atoms with E-state index in [1.165, 1.54) is 0 Å². The number of Topliss-reactive ketones (excluding diaryl/α,β-unsaturated/α-hetero) is 2. The Morgan fingerprint density at radius 1 is 1.14 bits per heavy atom. The second-order valence-electron chi connectivity index (χ2n) is 3.39. The van der Waals surface area contributed by atoms with Crippen LogP contribution in [0.3, 0.4) is 0 Å². The zero-order valence-electron chi connectivity index (χ0n) is 7.46. The Morgan fingerprint density at radius 3 is 2.71 bits per heavy atom. The molecule has 0 saturated carbocycles. The molecule has 0 unspecified atom stereocenters. The van der Waals surface area contributed by atoms with Gasteiger partial charge in [-0.3, -0.25) is 9.59 Å². The van der Waals surface area contributed by atoms with Crippen LogP contribution in [0.25, 0.3) is 0 Å². The number of hydrogen-bond acceptors (Lipinski definition) is 3. The van der Waals surface area contributed by atoms with Crippen LogP contribution in [0.4, 0.5) is 0 Å². The molecule has 68 valence electrons. The van der Waals surface area contributed by atoms with Gasteiger partial charge >= 0.3 is 0 Å². The van der Waals surface area contributed by atoms with Crippen molar-refractivity contribution in [3.8, 4) is 5.75 Å². The molecule has 0 radical (unpaired) electrons. The van der Waals surface area contributed by atoms with Gasteiger partial charge in [0.25, 0.3) is 0 Å². The van der Waals surface area contributed by atoms with Gasteiger partial charge < -0.3 is 4.74 Å². The molecule has 0 atom stereocenters. The number of carbonyl (C=O) groups excluding carboxylic acids is 2. The molecule has 3 heteroatoms. The van der Waals surface area contributed by atoms with Gasteiger partial charge in [0.05, 0.1) is 5.56 Å². The Bertz CT molecular complexity index is 521. The number of hydrogen-bond donors (Lipinski definition) is 0. The predicted molar refractivity (Wildman–Crippen MR) is 48.4 cm³/mol. The van der Waals surface area contributed by atoms with Gasteiger partial charge in [0, 0.05) is 11.1 Å². The Kier molecular flexibility index (Phi) is 1.14. The van der Waals surface area contributed by atoms with Crippen molar-refractivity contribution >= 4 is 11.6 Å². The summed E-state index contributed by atoms with van der Waals surface area (Å²) in [5.41, 5.74) is 1.30. The van der Waals surface area contributed by atoms with Gasteiger partial charge in [-0.25, -0.2) is 0 Å². The third kappa shape index (κ3) is 0.642. The fourth-order valence-electron chi connectivity index (χ4n) is 1.86. The molecule has 3 nitrogen and oxygen atoms in total. The molecule has 2 bridgehead atoms. The molecule has 1 aromatic rings. The maximum Gasteiger partial charge on any atom is 0.233 e. The fraction of sp³-hybridized carbons (Fsp3) is 0.0909. The predicted octanol–water partition coefficient (Wildman–Crippen LogP) is 1.73. The molecule has 3 rings (SSSR count). The van der Waals surface area contributed by atoms with Gasteiger partial charge in [-0.2, -0.15) is 0 Å². The zero-order valence-corrected chi connectivity index (χ0v) is 7.46. The highest BCUT2D eigenvalue weighted by atomic mass is 16.5. The van der Waals surface area contributed by atoms with Crippen LogP contribution in [0.2, 0.25) is 0 Å². The Balaban J connectivity index is 2.49. The topological polar surface area (TPSA) is 43.4 Å². The summed E-state index contributed by atoms with van der Waals surface area (Å²) in [5, 5.41) is 0. The number of allylic oxidation sites excluding steroid dienone is 2. The van der Waals surface area contributed by atoms with Crippen molar-refractivity contribution in [2.75, 3.05) is 0 Å². The highest BCUT2D eigenvalue weighted by Gasteiger charge is 2.39. The van der Waals surface area contributed by atoms with Crippen LogP contribution < -0.4 is 4.74 Å². The summed E-state index contributed by atoms with van der Waals surface area (Å²) in [5.74, 6) is 0.443. The second-order valence-corrected chi connectivity index (χ2v) is 3.39. The minimum Gasteiger partial charge on any atom is -0.452 e. The zero-order chi connectivity index (χ0) is 9.87. The quantitative estimate of drug-likeness (QED) is 0.619. The van der Waals surface area contributed by atoms with E-state index in [-0.39, 0.29) is 17.3 Å². The van der Waals surface area contributed by atoms with Crippen molar-refractivity contribution in [1.82, 2.24) is 0 Å². The molecule has 1 aliphatic carbocycles. The van der Waals surface area contributed by atoms with Crippen molar-refractivity contribution < 1.29 is 14.3 Å². The summed E-state index contributed by atoms with van der Waals surface area (Å²) in [6.45, 7) is 1.62. The molecule has 0 spiro atoms. The minimum atomic E-state index is -0.160. The standard InChI is InChI=1S/C11H6O3/c1-5-9(12)6-3-2-4-7-8(6)10(13)11(5)14-7/h2-4H,1H3. The lowest BCUT2D eigenvalue weighted by molar-refractivity contribution is 0.0961. The van der Waals surface area contributed by atoms with Crippen molar-refractivity contribution in [2.24, 2.45) is 0 Å². The second kappa shape index (κ2) is 2.12. The fourth-order valence-corrected chi connectivity index (χ4v) is 1.86. The van der Waals surface area contributed by atoms with E-state index in [1.807, 2.05) is 0 Å². The average molecular weight is 186 g/mol. The smallest absolute Gasteiger partial charge is 0.233 e. The summed E-state index contributed by atoms with van der Waals surface area (Å²) in [6.07, 6.45) is 0. The van der Waals surface area contributed by atoms with Gasteiger partial charge in [0.15, 0.2) is 11.5 Å². The maximum atomic E-state index is 11.7. The van der Waals surface area contributed by atoms with E-state index >= 15 is 0 Å². The highest BCUT2D eigenvalue weighted by Crippen LogP contribution is 2.39. The lowest BCUT2D eigenvalue weighted by Crippen LogP contribution is -2.17. The normalized spacial score (nSPS) is 17.5. The number of ether oxygens (including phenoxy) is 1. The van der Waals surface area contributed by atoms with Crippen LogP contribution in [-0.4, -0.2) is 11.6 Å². The molecule has 14 heavy (non-hydrogen) atoms. The van der Waals surface area contributed by atoms with E-state index < -0.39 is 0 Å². The van der Waals surface area contributed by atoms with Gasteiger partial charge in [-0.15, -0.1) is 0 Å². The van der Waals surface area contributed by atoms with E-state index in [2.05, 4.69) is 0 Å². The molecule has 0 fully saturated rings. The first-order chi connectivity index (χ1) is 6.70. The summed E-state index contributed by atoms with van der Waals surface area (Å²) in [7, 11) is 0. The van der Waals surface area contributed by atoms with Crippen LogP contribution in [0.1, 0.15) is 27.6 Å². The molecular formula is C11H6O3. The monoisotopic (exact) mass is 186 g/mol. The summed E-state index contributed by atoms with van der Waals surface area (Å²) in [6, 6.07) is 5.09. The highest BCUT2D eigenvalue weighted by molar-refractivity contribution is 6.28. The number of carbonyl (C=O) groups is 2. The largest absolute Gasteiger partial charge is 0.452 e. The average Bonchev–Trinajstić information content (AvgIpc) is 2.50. The van der Waals surface area contributed by atoms with E-state index in [0.717, 1.165) is 0 Å². The summed E-state index contributed by atoms with van der Waals surface area (Å²) >= 11 is 0. The molecular weight excluding hydrogens is 180 g/mol. The number of ketones is 2. The maximum absolute atomic E-state index is 11.7. The van der Waals surface area contributed by atoms with Crippen molar-refractivity contribution in [1.29, 1.82) is 0 Å². The van der Waals surface area contributed by atoms with Gasteiger partial charge in [-0.1, -0.05) is 12.1 Å². The van der Waals surface area contributed by atoms with Crippen LogP contribution in [0.5, 0.6) is 5.75 Å². The lowest BCUT2D eigenvalue weighted by atomic mass is 9.90. The van der Waals surface area contributed by atoms with Gasteiger partial charge in [-0.05, 0) is 13.0 Å². The molecule has 1 heterocycles. The van der Waals surface area contributed by atoms with E-state index in [1.54, 1.807) is 25.1 Å². The summed E-state index contributed by atoms with van der Waals surface area (Å²) < 4.78 is 5.31. The van der Waals surface area contributed by atoms with E-state index in [4.69, 9.17) is 4.74 Å². The molecule has 0 amide bonds. The van der Waals surface area contributed by atoms with Crippen LogP contribution in [0.15, 0.2) is 29.5 Å². The lowest BCUT2D eigenvalue weighted by Gasteiger charge is -2.07.